The van der Waals surface area contributed by atoms with E-state index < -0.39 is 0 Å². The van der Waals surface area contributed by atoms with E-state index in [1.165, 1.54) is 0 Å². The zero-order valence-electron chi connectivity index (χ0n) is 10.1. The summed E-state index contributed by atoms with van der Waals surface area (Å²) in [4.78, 5) is 4.26. The molecule has 98 valence electrons. The quantitative estimate of drug-likeness (QED) is 0.743. The van der Waals surface area contributed by atoms with Gasteiger partial charge in [0.15, 0.2) is 0 Å². The molecule has 0 aliphatic carbocycles. The van der Waals surface area contributed by atoms with Crippen molar-refractivity contribution in [2.45, 2.75) is 0 Å². The molecule has 0 atom stereocenters. The highest BCUT2D eigenvalue weighted by molar-refractivity contribution is 6.31. The minimum atomic E-state index is 0.279. The Labute approximate surface area is 125 Å². The second-order valence-electron chi connectivity index (χ2n) is 4.21. The van der Waals surface area contributed by atoms with E-state index >= 15 is 0 Å². The summed E-state index contributed by atoms with van der Waals surface area (Å²) in [7, 11) is 0. The molecule has 0 saturated carbocycles. The lowest BCUT2D eigenvalue weighted by Crippen LogP contribution is -2.02. The molecule has 4 nitrogen and oxygen atoms in total. The number of fused-ring (bicyclic) bond motifs is 1. The Morgan fingerprint density at radius 2 is 1.80 bits per heavy atom. The van der Waals surface area contributed by atoms with Gasteiger partial charge in [-0.05, 0) is 36.4 Å². The van der Waals surface area contributed by atoms with Crippen LogP contribution in [0, 0.1) is 11.3 Å². The van der Waals surface area contributed by atoms with Crippen LogP contribution in [0.3, 0.4) is 0 Å². The van der Waals surface area contributed by atoms with E-state index in [0.29, 0.717) is 26.8 Å². The van der Waals surface area contributed by atoms with E-state index in [1.54, 1.807) is 34.9 Å². The number of halogens is 2. The molecule has 0 saturated heterocycles. The average molecular weight is 303 g/mol. The molecule has 3 rings (SSSR count). The minimum absolute atomic E-state index is 0.279. The van der Waals surface area contributed by atoms with Gasteiger partial charge < -0.3 is 5.73 Å². The SMILES string of the molecule is N#Cc1ccc(Cl)cc1-n1c(N)nc2cc(Cl)ccc21. The number of anilines is 1. The Morgan fingerprint density at radius 1 is 1.10 bits per heavy atom. The fourth-order valence-corrected chi connectivity index (χ4v) is 2.44. The Morgan fingerprint density at radius 3 is 2.55 bits per heavy atom. The van der Waals surface area contributed by atoms with Crippen LogP contribution in [-0.4, -0.2) is 9.55 Å². The topological polar surface area (TPSA) is 67.6 Å². The number of nitrogens with zero attached hydrogens (tertiary/aromatic N) is 3. The number of aromatic nitrogens is 2. The van der Waals surface area contributed by atoms with Gasteiger partial charge in [0.05, 0.1) is 22.3 Å². The number of hydrogen-bond acceptors (Lipinski definition) is 3. The molecule has 0 spiro atoms. The maximum Gasteiger partial charge on any atom is 0.205 e. The van der Waals surface area contributed by atoms with E-state index in [1.807, 2.05) is 6.07 Å². The zero-order valence-corrected chi connectivity index (χ0v) is 11.7. The van der Waals surface area contributed by atoms with Gasteiger partial charge >= 0.3 is 0 Å². The predicted molar refractivity (Wildman–Crippen MR) is 80.2 cm³/mol. The van der Waals surface area contributed by atoms with Gasteiger partial charge in [-0.15, -0.1) is 0 Å². The summed E-state index contributed by atoms with van der Waals surface area (Å²) in [6.45, 7) is 0. The van der Waals surface area contributed by atoms with Crippen LogP contribution < -0.4 is 5.73 Å². The number of imidazole rings is 1. The van der Waals surface area contributed by atoms with Gasteiger partial charge in [0.1, 0.15) is 6.07 Å². The third-order valence-corrected chi connectivity index (χ3v) is 3.43. The van der Waals surface area contributed by atoms with E-state index in [2.05, 4.69) is 11.1 Å². The summed E-state index contributed by atoms with van der Waals surface area (Å²) in [6, 6.07) is 12.4. The van der Waals surface area contributed by atoms with Gasteiger partial charge in [-0.25, -0.2) is 4.98 Å². The van der Waals surface area contributed by atoms with Crippen LogP contribution in [-0.2, 0) is 0 Å². The lowest BCUT2D eigenvalue weighted by atomic mass is 10.2. The van der Waals surface area contributed by atoms with Gasteiger partial charge in [-0.2, -0.15) is 5.26 Å². The fraction of sp³-hybridized carbons (Fsp3) is 0. The Bertz CT molecular complexity index is 861. The van der Waals surface area contributed by atoms with Crippen molar-refractivity contribution in [2.75, 3.05) is 5.73 Å². The summed E-state index contributed by atoms with van der Waals surface area (Å²) in [5, 5.41) is 10.3. The molecule has 0 bridgehead atoms. The van der Waals surface area contributed by atoms with E-state index in [9.17, 15) is 5.26 Å². The Kier molecular flexibility index (Phi) is 3.01. The molecule has 20 heavy (non-hydrogen) atoms. The van der Waals surface area contributed by atoms with Crippen LogP contribution in [0.4, 0.5) is 5.95 Å². The summed E-state index contributed by atoms with van der Waals surface area (Å²) in [6.07, 6.45) is 0. The Hall–Kier alpha value is -2.22. The van der Waals surface area contributed by atoms with Gasteiger partial charge in [0.25, 0.3) is 0 Å². The number of rotatable bonds is 1. The van der Waals surface area contributed by atoms with Crippen molar-refractivity contribution >= 4 is 40.2 Å². The molecule has 2 N–H and O–H groups in total. The highest BCUT2D eigenvalue weighted by Crippen LogP contribution is 2.28. The molecule has 0 radical (unpaired) electrons. The van der Waals surface area contributed by atoms with Crippen molar-refractivity contribution in [3.8, 4) is 11.8 Å². The molecule has 3 aromatic rings. The molecule has 0 amide bonds. The van der Waals surface area contributed by atoms with Crippen molar-refractivity contribution in [1.82, 2.24) is 9.55 Å². The van der Waals surface area contributed by atoms with Gasteiger partial charge in [0, 0.05) is 10.0 Å². The highest BCUT2D eigenvalue weighted by Gasteiger charge is 2.14. The lowest BCUT2D eigenvalue weighted by Gasteiger charge is -2.09. The summed E-state index contributed by atoms with van der Waals surface area (Å²) < 4.78 is 1.69. The summed E-state index contributed by atoms with van der Waals surface area (Å²) in [5.74, 6) is 0.279. The minimum Gasteiger partial charge on any atom is -0.369 e. The van der Waals surface area contributed by atoms with Crippen LogP contribution in [0.15, 0.2) is 36.4 Å². The second kappa shape index (κ2) is 4.71. The fourth-order valence-electron chi connectivity index (χ4n) is 2.11. The van der Waals surface area contributed by atoms with Crippen LogP contribution in [0.2, 0.25) is 10.0 Å². The first-order chi connectivity index (χ1) is 9.60. The van der Waals surface area contributed by atoms with Gasteiger partial charge in [-0.3, -0.25) is 4.57 Å². The lowest BCUT2D eigenvalue weighted by molar-refractivity contribution is 1.10. The van der Waals surface area contributed by atoms with Crippen LogP contribution in [0.1, 0.15) is 5.56 Å². The molecule has 2 aromatic carbocycles. The van der Waals surface area contributed by atoms with Gasteiger partial charge in [-0.1, -0.05) is 23.2 Å². The first-order valence-corrected chi connectivity index (χ1v) is 6.49. The van der Waals surface area contributed by atoms with Gasteiger partial charge in [0.2, 0.25) is 5.95 Å². The zero-order chi connectivity index (χ0) is 14.3. The number of nitrogens with two attached hydrogens (primary N) is 1. The smallest absolute Gasteiger partial charge is 0.205 e. The number of hydrogen-bond donors (Lipinski definition) is 1. The molecule has 0 fully saturated rings. The number of nitrogen functional groups attached to an aromatic ring is 1. The molecule has 1 heterocycles. The summed E-state index contributed by atoms with van der Waals surface area (Å²) >= 11 is 12.0. The molecular weight excluding hydrogens is 295 g/mol. The standard InChI is InChI=1S/C14H8Cl2N4/c15-9-3-4-12-11(5-9)19-14(18)20(12)13-6-10(16)2-1-8(13)7-17/h1-6H,(H2,18,19). The van der Waals surface area contributed by atoms with Crippen LogP contribution in [0.25, 0.3) is 16.7 Å². The monoisotopic (exact) mass is 302 g/mol. The molecule has 0 aliphatic rings. The molecule has 0 unspecified atom stereocenters. The van der Waals surface area contributed by atoms with Crippen molar-refractivity contribution < 1.29 is 0 Å². The van der Waals surface area contributed by atoms with Crippen LogP contribution >= 0.6 is 23.2 Å². The highest BCUT2D eigenvalue weighted by atomic mass is 35.5. The molecular formula is C14H8Cl2N4. The van der Waals surface area contributed by atoms with Crippen molar-refractivity contribution in [2.24, 2.45) is 0 Å². The molecule has 6 heteroatoms. The third kappa shape index (κ3) is 1.97. The van der Waals surface area contributed by atoms with Crippen molar-refractivity contribution in [3.63, 3.8) is 0 Å². The maximum atomic E-state index is 9.23. The second-order valence-corrected chi connectivity index (χ2v) is 5.08. The van der Waals surface area contributed by atoms with Crippen molar-refractivity contribution in [1.29, 1.82) is 5.26 Å². The predicted octanol–water partition coefficient (Wildman–Crippen LogP) is 3.79. The molecule has 1 aromatic heterocycles. The van der Waals surface area contributed by atoms with Crippen molar-refractivity contribution in [3.05, 3.63) is 52.0 Å². The van der Waals surface area contributed by atoms with E-state index in [-0.39, 0.29) is 5.95 Å². The maximum absolute atomic E-state index is 9.23. The normalized spacial score (nSPS) is 10.7. The summed E-state index contributed by atoms with van der Waals surface area (Å²) in [5.41, 5.74) is 8.47. The number of benzene rings is 2. The largest absolute Gasteiger partial charge is 0.369 e. The Balaban J connectivity index is 2.38. The molecule has 0 aliphatic heterocycles. The number of nitriles is 1. The van der Waals surface area contributed by atoms with E-state index in [4.69, 9.17) is 28.9 Å². The van der Waals surface area contributed by atoms with E-state index in [0.717, 1.165) is 5.52 Å². The average Bonchev–Trinajstić information content (AvgIpc) is 2.73. The van der Waals surface area contributed by atoms with Crippen LogP contribution in [0.5, 0.6) is 0 Å². The first kappa shape index (κ1) is 12.8. The third-order valence-electron chi connectivity index (χ3n) is 2.96. The first-order valence-electron chi connectivity index (χ1n) is 5.73.